The first-order valence-corrected chi connectivity index (χ1v) is 21.6. The van der Waals surface area contributed by atoms with Crippen molar-refractivity contribution < 1.29 is 42.5 Å². The van der Waals surface area contributed by atoms with Gasteiger partial charge >= 0.3 is 18.5 Å². The second-order valence-corrected chi connectivity index (χ2v) is 17.3. The molecule has 2 aromatic carbocycles. The Bertz CT molecular complexity index is 2030. The highest BCUT2D eigenvalue weighted by atomic mass is 16.6. The second kappa shape index (κ2) is 18.5. The summed E-state index contributed by atoms with van der Waals surface area (Å²) in [6.45, 7) is 5.81. The molecule has 3 saturated carbocycles. The first kappa shape index (κ1) is 42.2. The normalized spacial score (nSPS) is 28.9. The Hall–Kier alpha value is -4.98. The first-order chi connectivity index (χ1) is 28.4. The van der Waals surface area contributed by atoms with Gasteiger partial charge < -0.3 is 35.0 Å². The van der Waals surface area contributed by atoms with E-state index in [0.29, 0.717) is 36.0 Å². The minimum atomic E-state index is -1.01. The highest BCUT2D eigenvalue weighted by Gasteiger charge is 2.58. The van der Waals surface area contributed by atoms with Crippen LogP contribution in [0, 0.1) is 23.7 Å². The van der Waals surface area contributed by atoms with Gasteiger partial charge in [-0.05, 0) is 99.9 Å². The molecule has 1 aromatic heterocycles. The molecule has 0 radical (unpaired) electrons. The third-order valence-corrected chi connectivity index (χ3v) is 12.8. The molecule has 7 rings (SSSR count). The lowest BCUT2D eigenvalue weighted by molar-refractivity contribution is -0.659. The number of alkyl carbamates (subject to hydrolysis) is 1. The number of Topliss-reactive ketones (excluding diaryl/α,β-unsaturated/α-hetero) is 2. The zero-order valence-corrected chi connectivity index (χ0v) is 34.9. The van der Waals surface area contributed by atoms with Crippen LogP contribution in [0.4, 0.5) is 10.8 Å². The van der Waals surface area contributed by atoms with E-state index in [9.17, 15) is 19.2 Å². The summed E-state index contributed by atoms with van der Waals surface area (Å²) >= 11 is 0. The van der Waals surface area contributed by atoms with E-state index < -0.39 is 47.4 Å². The van der Waals surface area contributed by atoms with E-state index in [0.717, 1.165) is 75.0 Å². The summed E-state index contributed by atoms with van der Waals surface area (Å²) in [5, 5.41) is 15.6. The van der Waals surface area contributed by atoms with Gasteiger partial charge in [0.15, 0.2) is 11.6 Å². The quantitative estimate of drug-likeness (QED) is 0.141. The van der Waals surface area contributed by atoms with Gasteiger partial charge in [0.05, 0.1) is 30.9 Å². The van der Waals surface area contributed by atoms with Gasteiger partial charge in [-0.1, -0.05) is 44.8 Å². The number of methoxy groups -OCH3 is 1. The van der Waals surface area contributed by atoms with Gasteiger partial charge in [0.1, 0.15) is 29.2 Å². The Morgan fingerprint density at radius 2 is 1.80 bits per heavy atom. The number of benzene rings is 2. The van der Waals surface area contributed by atoms with Crippen molar-refractivity contribution in [3.05, 3.63) is 48.9 Å². The molecule has 0 spiro atoms. The van der Waals surface area contributed by atoms with E-state index in [1.165, 1.54) is 6.39 Å². The predicted octanol–water partition coefficient (Wildman–Crippen LogP) is 6.26. The summed E-state index contributed by atoms with van der Waals surface area (Å²) in [4.78, 5) is 55.6. The van der Waals surface area contributed by atoms with E-state index in [1.807, 2.05) is 57.2 Å². The Morgan fingerprint density at radius 3 is 2.56 bits per heavy atom. The van der Waals surface area contributed by atoms with Crippen LogP contribution in [-0.2, 0) is 19.1 Å². The number of aromatic nitrogens is 2. The molecule has 3 aromatic rings. The van der Waals surface area contributed by atoms with E-state index in [4.69, 9.17) is 24.4 Å². The topological polar surface area (TPSA) is 188 Å². The minimum Gasteiger partial charge on any atom is -0.497 e. The van der Waals surface area contributed by atoms with Crippen LogP contribution in [0.2, 0.25) is 0 Å². The van der Waals surface area contributed by atoms with Crippen molar-refractivity contribution >= 4 is 40.4 Å². The minimum absolute atomic E-state index is 0.0975. The van der Waals surface area contributed by atoms with Gasteiger partial charge in [0.2, 0.25) is 11.6 Å². The van der Waals surface area contributed by atoms with Crippen LogP contribution in [0.15, 0.2) is 53.3 Å². The van der Waals surface area contributed by atoms with Gasteiger partial charge in [-0.15, -0.1) is 0 Å². The average Bonchev–Trinajstić information content (AvgIpc) is 3.54. The van der Waals surface area contributed by atoms with Gasteiger partial charge in [-0.3, -0.25) is 19.7 Å². The maximum atomic E-state index is 14.9. The molecule has 5 N–H and O–H groups in total. The highest BCUT2D eigenvalue weighted by Crippen LogP contribution is 2.46. The lowest BCUT2D eigenvalue weighted by Gasteiger charge is -2.27. The van der Waals surface area contributed by atoms with Crippen LogP contribution in [-0.4, -0.2) is 72.2 Å². The number of allylic oxidation sites excluding steroid dienone is 1. The summed E-state index contributed by atoms with van der Waals surface area (Å²) in [5.74, 6) is -1.70. The molecule has 59 heavy (non-hydrogen) atoms. The van der Waals surface area contributed by atoms with Crippen LogP contribution in [0.25, 0.3) is 16.5 Å². The number of fused-ring (bicyclic) bond motifs is 3. The summed E-state index contributed by atoms with van der Waals surface area (Å²) in [6, 6.07) is 9.20. The van der Waals surface area contributed by atoms with Crippen LogP contribution in [0.1, 0.15) is 104 Å². The van der Waals surface area contributed by atoms with Crippen LogP contribution >= 0.6 is 0 Å². The fourth-order valence-corrected chi connectivity index (χ4v) is 9.40. The molecule has 14 nitrogen and oxygen atoms in total. The van der Waals surface area contributed by atoms with Crippen molar-refractivity contribution in [2.45, 2.75) is 134 Å². The number of ketones is 2. The molecule has 0 bridgehead atoms. The third-order valence-electron chi connectivity index (χ3n) is 12.8. The molecule has 3 fully saturated rings. The zero-order valence-electron chi connectivity index (χ0n) is 34.9. The van der Waals surface area contributed by atoms with Gasteiger partial charge in [0.25, 0.3) is 0 Å². The number of nitrogens with one attached hydrogen (secondary N) is 3. The fourth-order valence-electron chi connectivity index (χ4n) is 9.40. The number of nitrogens with two attached hydrogens (primary N) is 1. The summed E-state index contributed by atoms with van der Waals surface area (Å²) in [5.41, 5.74) is 5.61. The summed E-state index contributed by atoms with van der Waals surface area (Å²) < 4.78 is 25.6. The molecule has 2 heterocycles. The summed E-state index contributed by atoms with van der Waals surface area (Å²) in [6.07, 6.45) is 14.8. The fraction of sp³-hybridized carbons (Fsp3) is 0.600. The van der Waals surface area contributed by atoms with E-state index in [1.54, 1.807) is 11.8 Å². The zero-order chi connectivity index (χ0) is 41.7. The predicted molar refractivity (Wildman–Crippen MR) is 221 cm³/mol. The molecule has 14 heteroatoms. The first-order valence-electron chi connectivity index (χ1n) is 21.6. The number of nitrogens with zero attached hydrogens (tertiary/aromatic N) is 2. The van der Waals surface area contributed by atoms with Crippen LogP contribution in [0.5, 0.6) is 11.5 Å². The summed E-state index contributed by atoms with van der Waals surface area (Å²) in [7, 11) is 1.61. The number of primary amides is 1. The van der Waals surface area contributed by atoms with E-state index in [2.05, 4.69) is 27.1 Å². The standard InChI is InChI=1S/C45H60N6O8/c1-27(2)48-43-50-51(26-57-43)31-20-29-21-33(56-4)18-19-34(29)39(22-31)59-38-23-35-40(28(38)3)37(52)25-47-45(42(46)54)24-30(45)14-10-8-6-5-7-9-11-17-36(41(35)53)49-44(55)58-32-15-12-13-16-32/h10,14,18-22,26-28,30,32,35-36,38,40,47H,5-9,11-13,15-17,23-25H2,1-4H3,(H3-,46,48,49,50,54,55)/p+1/b14-10-. The lowest BCUT2D eigenvalue weighted by atomic mass is 9.81. The van der Waals surface area contributed by atoms with Crippen molar-refractivity contribution in [1.29, 1.82) is 0 Å². The SMILES string of the molecule is COc1ccc2c(OC3CC4C(=O)C(NC(=O)OC5CCCC5)CCCCCCC/C=C\C5CC5(C(N)=O)NCC(=O)C4C3C)cc(-[n+]3coc(NC(C)C)n3)cc2c1. The molecule has 4 aliphatic rings. The van der Waals surface area contributed by atoms with E-state index >= 15 is 0 Å². The molecule has 3 aliphatic carbocycles. The van der Waals surface area contributed by atoms with Crippen molar-refractivity contribution in [1.82, 2.24) is 15.7 Å². The monoisotopic (exact) mass is 813 g/mol. The number of rotatable bonds is 9. The third kappa shape index (κ3) is 9.74. The number of ether oxygens (including phenoxy) is 3. The number of anilines is 1. The Balaban J connectivity index is 1.21. The Labute approximate surface area is 346 Å². The molecule has 318 valence electrons. The molecule has 7 unspecified atom stereocenters. The number of carbonyl (C=O) groups excluding carboxylic acids is 4. The molecule has 0 saturated heterocycles. The number of hydrogen-bond acceptors (Lipinski definition) is 11. The van der Waals surface area contributed by atoms with Gasteiger partial charge in [-0.25, -0.2) is 4.79 Å². The maximum Gasteiger partial charge on any atom is 0.407 e. The largest absolute Gasteiger partial charge is 0.497 e. The van der Waals surface area contributed by atoms with Gasteiger partial charge in [0, 0.05) is 41.2 Å². The maximum absolute atomic E-state index is 14.9. The van der Waals surface area contributed by atoms with Crippen molar-refractivity contribution in [3.8, 4) is 17.2 Å². The van der Waals surface area contributed by atoms with Crippen LogP contribution in [0.3, 0.4) is 0 Å². The lowest BCUT2D eigenvalue weighted by Crippen LogP contribution is -2.50. The van der Waals surface area contributed by atoms with E-state index in [-0.39, 0.29) is 42.6 Å². The van der Waals surface area contributed by atoms with Crippen molar-refractivity contribution in [2.75, 3.05) is 19.0 Å². The molecular weight excluding hydrogens is 753 g/mol. The molecule has 2 amide bonds. The average molecular weight is 814 g/mol. The Morgan fingerprint density at radius 1 is 1.03 bits per heavy atom. The van der Waals surface area contributed by atoms with Crippen molar-refractivity contribution in [3.63, 3.8) is 0 Å². The molecule has 7 atom stereocenters. The number of hydrogen-bond donors (Lipinski definition) is 4. The van der Waals surface area contributed by atoms with Crippen LogP contribution < -0.4 is 35.8 Å². The molecule has 1 aliphatic heterocycles. The smallest absolute Gasteiger partial charge is 0.407 e. The van der Waals surface area contributed by atoms with Crippen molar-refractivity contribution in [2.24, 2.45) is 29.4 Å². The molecular formula is C45H61N6O8+. The Kier molecular flexibility index (Phi) is 13.2. The second-order valence-electron chi connectivity index (χ2n) is 17.3. The highest BCUT2D eigenvalue weighted by molar-refractivity contribution is 5.96. The number of amides is 2. The number of carbonyl (C=O) groups is 4. The van der Waals surface area contributed by atoms with Gasteiger partial charge in [-0.2, -0.15) is 0 Å².